The lowest BCUT2D eigenvalue weighted by atomic mass is 10.1. The molecule has 5 rings (SSSR count). The standard InChI is InChI=1S/C35H33BrNO4PS/c1-2-22-41-35(40)34(37-25-32(33(37)39)43-31-19-18-27(24-36)26(23-31)20-21-38)42(28-12-6-3-7-13-28,29-14-8-4-9-15-29)30-16-10-5-11-17-30/h2-19,23,32,38H,1,20-22,24-25H2/t32-/m0/s1. The van der Waals surface area contributed by atoms with Gasteiger partial charge in [-0.1, -0.05) is 126 Å². The van der Waals surface area contributed by atoms with E-state index in [1.54, 1.807) is 11.0 Å². The van der Waals surface area contributed by atoms with Crippen LogP contribution < -0.4 is 15.9 Å². The second-order valence-corrected chi connectivity index (χ2v) is 15.1. The Bertz CT molecular complexity index is 1540. The number of hydrogen-bond acceptors (Lipinski definition) is 5. The van der Waals surface area contributed by atoms with Gasteiger partial charge in [-0.2, -0.15) is 0 Å². The molecule has 0 aliphatic carbocycles. The van der Waals surface area contributed by atoms with E-state index >= 15 is 0 Å². The molecule has 1 aliphatic heterocycles. The molecule has 220 valence electrons. The molecule has 1 fully saturated rings. The van der Waals surface area contributed by atoms with Crippen LogP contribution in [-0.2, 0) is 26.1 Å². The van der Waals surface area contributed by atoms with Crippen molar-refractivity contribution in [2.45, 2.75) is 21.9 Å². The molecule has 5 nitrogen and oxygen atoms in total. The Hall–Kier alpha value is -3.35. The molecular formula is C35H33BrNO4PS. The van der Waals surface area contributed by atoms with Crippen molar-refractivity contribution in [2.24, 2.45) is 0 Å². The summed E-state index contributed by atoms with van der Waals surface area (Å²) >= 11 is 5.01. The Morgan fingerprint density at radius 2 is 1.49 bits per heavy atom. The van der Waals surface area contributed by atoms with Crippen molar-refractivity contribution in [2.75, 3.05) is 19.8 Å². The van der Waals surface area contributed by atoms with E-state index in [1.807, 2.05) is 109 Å². The van der Waals surface area contributed by atoms with Crippen molar-refractivity contribution in [3.8, 4) is 0 Å². The lowest BCUT2D eigenvalue weighted by Crippen LogP contribution is -2.61. The fraction of sp³-hybridized carbons (Fsp3) is 0.171. The minimum atomic E-state index is -2.88. The van der Waals surface area contributed by atoms with Crippen LogP contribution in [0.4, 0.5) is 0 Å². The molecule has 0 bridgehead atoms. The van der Waals surface area contributed by atoms with Gasteiger partial charge in [0.25, 0.3) is 0 Å². The van der Waals surface area contributed by atoms with Gasteiger partial charge in [-0.15, -0.1) is 11.8 Å². The number of ether oxygens (including phenoxy) is 1. The van der Waals surface area contributed by atoms with E-state index in [2.05, 4.69) is 22.5 Å². The van der Waals surface area contributed by atoms with Crippen LogP contribution in [0.5, 0.6) is 0 Å². The molecule has 0 unspecified atom stereocenters. The maximum Gasteiger partial charge on any atom is 0.356 e. The average molecular weight is 675 g/mol. The van der Waals surface area contributed by atoms with E-state index < -0.39 is 12.9 Å². The number of aliphatic hydroxyl groups is 1. The Morgan fingerprint density at radius 1 is 0.930 bits per heavy atom. The molecule has 0 radical (unpaired) electrons. The monoisotopic (exact) mass is 673 g/mol. The zero-order chi connectivity index (χ0) is 30.2. The summed E-state index contributed by atoms with van der Waals surface area (Å²) in [6.45, 7) is 1.31. The first-order valence-electron chi connectivity index (χ1n) is 14.0. The van der Waals surface area contributed by atoms with Gasteiger partial charge in [0.15, 0.2) is 0 Å². The zero-order valence-electron chi connectivity index (χ0n) is 23.6. The topological polar surface area (TPSA) is 66.8 Å². The van der Waals surface area contributed by atoms with Crippen molar-refractivity contribution in [1.82, 2.24) is 4.90 Å². The van der Waals surface area contributed by atoms with Gasteiger partial charge >= 0.3 is 5.97 Å². The van der Waals surface area contributed by atoms with Gasteiger partial charge in [0.1, 0.15) is 17.3 Å². The van der Waals surface area contributed by atoms with Gasteiger partial charge in [0.2, 0.25) is 5.91 Å². The van der Waals surface area contributed by atoms with Gasteiger partial charge < -0.3 is 14.7 Å². The Kier molecular flexibility index (Phi) is 10.4. The highest BCUT2D eigenvalue weighted by atomic mass is 79.9. The number of carbonyl (C=O) groups excluding carboxylic acids is 2. The number of benzene rings is 4. The molecule has 8 heteroatoms. The maximum absolute atomic E-state index is 14.2. The molecule has 1 heterocycles. The number of rotatable bonds is 12. The maximum atomic E-state index is 14.2. The summed E-state index contributed by atoms with van der Waals surface area (Å²) in [6, 6.07) is 36.0. The van der Waals surface area contributed by atoms with Crippen molar-refractivity contribution in [1.29, 1.82) is 0 Å². The second kappa shape index (κ2) is 14.4. The number of halogens is 1. The number of nitrogens with zero attached hydrogens (tertiary/aromatic N) is 1. The molecule has 1 saturated heterocycles. The van der Waals surface area contributed by atoms with Crippen LogP contribution >= 0.6 is 34.6 Å². The summed E-state index contributed by atoms with van der Waals surface area (Å²) in [6.07, 6.45) is 2.09. The van der Waals surface area contributed by atoms with Crippen LogP contribution in [-0.4, -0.2) is 52.3 Å². The predicted octanol–water partition coefficient (Wildman–Crippen LogP) is 5.27. The lowest BCUT2D eigenvalue weighted by molar-refractivity contribution is -0.140. The van der Waals surface area contributed by atoms with Crippen molar-refractivity contribution in [3.63, 3.8) is 0 Å². The fourth-order valence-corrected chi connectivity index (χ4v) is 11.4. The first kappa shape index (κ1) is 31.1. The van der Waals surface area contributed by atoms with E-state index in [0.29, 0.717) is 23.7 Å². The van der Waals surface area contributed by atoms with Crippen LogP contribution in [0.3, 0.4) is 0 Å². The van der Waals surface area contributed by atoms with Crippen LogP contribution in [0.15, 0.2) is 127 Å². The van der Waals surface area contributed by atoms with E-state index in [9.17, 15) is 14.7 Å². The smallest absolute Gasteiger partial charge is 0.356 e. The third-order valence-electron chi connectivity index (χ3n) is 7.39. The predicted molar refractivity (Wildman–Crippen MR) is 183 cm³/mol. The number of amides is 1. The third kappa shape index (κ3) is 6.32. The van der Waals surface area contributed by atoms with Crippen molar-refractivity contribution >= 4 is 67.8 Å². The average Bonchev–Trinajstić information content (AvgIpc) is 3.06. The first-order chi connectivity index (χ1) is 21.0. The van der Waals surface area contributed by atoms with E-state index in [1.165, 1.54) is 11.8 Å². The quantitative estimate of drug-likeness (QED) is 0.0730. The van der Waals surface area contributed by atoms with Crippen LogP contribution in [0.25, 0.3) is 0 Å². The molecule has 4 aromatic carbocycles. The molecule has 1 N–H and O–H groups in total. The van der Waals surface area contributed by atoms with Crippen LogP contribution in [0.1, 0.15) is 11.1 Å². The highest BCUT2D eigenvalue weighted by Crippen LogP contribution is 2.48. The largest absolute Gasteiger partial charge is 0.457 e. The summed E-state index contributed by atoms with van der Waals surface area (Å²) in [5.74, 6) is -0.649. The number of alkyl halides is 1. The number of esters is 1. The number of hydrogen-bond donors (Lipinski definition) is 1. The van der Waals surface area contributed by atoms with E-state index in [-0.39, 0.29) is 24.4 Å². The number of β-lactam (4-membered cyclic amide) rings is 1. The first-order valence-corrected chi connectivity index (χ1v) is 17.8. The molecule has 43 heavy (non-hydrogen) atoms. The number of thioether (sulfide) groups is 1. The molecule has 1 atom stereocenters. The van der Waals surface area contributed by atoms with E-state index in [4.69, 9.17) is 4.74 Å². The molecule has 0 aromatic heterocycles. The minimum Gasteiger partial charge on any atom is -0.457 e. The summed E-state index contributed by atoms with van der Waals surface area (Å²) < 4.78 is 5.76. The molecular weight excluding hydrogens is 641 g/mol. The van der Waals surface area contributed by atoms with Gasteiger partial charge in [0.05, 0.1) is 0 Å². The molecule has 1 amide bonds. The van der Waals surface area contributed by atoms with E-state index in [0.717, 1.165) is 31.9 Å². The zero-order valence-corrected chi connectivity index (χ0v) is 26.9. The summed E-state index contributed by atoms with van der Waals surface area (Å²) in [5, 5.41) is 12.8. The van der Waals surface area contributed by atoms with Gasteiger partial charge in [-0.3, -0.25) is 4.79 Å². The lowest BCUT2D eigenvalue weighted by Gasteiger charge is -2.43. The van der Waals surface area contributed by atoms with Crippen molar-refractivity contribution < 1.29 is 19.4 Å². The summed E-state index contributed by atoms with van der Waals surface area (Å²) in [4.78, 5) is 30.9. The number of carbonyl (C=O) groups is 2. The molecule has 0 spiro atoms. The second-order valence-electron chi connectivity index (χ2n) is 9.98. The molecule has 0 saturated carbocycles. The normalized spacial score (nSPS) is 14.6. The third-order valence-corrected chi connectivity index (χ3v) is 13.4. The fourth-order valence-electron chi connectivity index (χ4n) is 5.39. The number of likely N-dealkylation sites (tertiary alicyclic amines) is 1. The summed E-state index contributed by atoms with van der Waals surface area (Å²) in [7, 11) is 0. The van der Waals surface area contributed by atoms with Gasteiger partial charge in [-0.05, 0) is 45.6 Å². The highest BCUT2D eigenvalue weighted by Gasteiger charge is 2.47. The SMILES string of the molecule is C=CCOC(=O)C(N1C[C@H](Sc2ccc(CBr)c(CCO)c2)C1=O)=P(c1ccccc1)(c1ccccc1)c1ccccc1. The number of aliphatic hydroxyl groups excluding tert-OH is 1. The van der Waals surface area contributed by atoms with Crippen LogP contribution in [0.2, 0.25) is 0 Å². The van der Waals surface area contributed by atoms with Gasteiger partial charge in [-0.25, -0.2) is 4.79 Å². The highest BCUT2D eigenvalue weighted by molar-refractivity contribution is 9.08. The Balaban J connectivity index is 1.68. The Morgan fingerprint density at radius 3 is 1.95 bits per heavy atom. The van der Waals surface area contributed by atoms with Crippen molar-refractivity contribution in [3.05, 3.63) is 133 Å². The Labute approximate surface area is 265 Å². The molecule has 4 aromatic rings. The minimum absolute atomic E-state index is 0.0362. The summed E-state index contributed by atoms with van der Waals surface area (Å²) in [5.41, 5.74) is 2.54. The van der Waals surface area contributed by atoms with Crippen LogP contribution in [0, 0.1) is 0 Å². The van der Waals surface area contributed by atoms with Gasteiger partial charge in [0, 0.05) is 30.3 Å². The molecule has 1 aliphatic rings.